The average Bonchev–Trinajstić information content (AvgIpc) is 2.74. The minimum absolute atomic E-state index is 0.0000288. The molecular formula is C15H29NO2. The molecule has 1 fully saturated rings. The van der Waals surface area contributed by atoms with Crippen LogP contribution in [0.4, 0.5) is 0 Å². The Bertz CT molecular complexity index is 278. The van der Waals surface area contributed by atoms with E-state index in [0.29, 0.717) is 11.3 Å². The predicted molar refractivity (Wildman–Crippen MR) is 74.5 cm³/mol. The minimum Gasteiger partial charge on any atom is -0.369 e. The van der Waals surface area contributed by atoms with E-state index in [0.717, 1.165) is 6.54 Å². The van der Waals surface area contributed by atoms with Gasteiger partial charge in [0.2, 0.25) is 0 Å². The second-order valence-electron chi connectivity index (χ2n) is 6.70. The van der Waals surface area contributed by atoms with E-state index in [-0.39, 0.29) is 5.91 Å². The molecule has 3 heteroatoms. The highest BCUT2D eigenvalue weighted by atomic mass is 16.5. The summed E-state index contributed by atoms with van der Waals surface area (Å²) in [7, 11) is 1.58. The summed E-state index contributed by atoms with van der Waals surface area (Å²) in [5.41, 5.74) is -0.398. The van der Waals surface area contributed by atoms with Crippen LogP contribution in [0.1, 0.15) is 59.8 Å². The number of rotatable bonds is 6. The molecule has 106 valence electrons. The van der Waals surface area contributed by atoms with Gasteiger partial charge in [-0.3, -0.25) is 4.79 Å². The Hall–Kier alpha value is -0.570. The van der Waals surface area contributed by atoms with Crippen LogP contribution in [-0.2, 0) is 9.53 Å². The van der Waals surface area contributed by atoms with Crippen LogP contribution in [-0.4, -0.2) is 25.2 Å². The molecule has 0 aromatic heterocycles. The highest BCUT2D eigenvalue weighted by Gasteiger charge is 2.36. The average molecular weight is 255 g/mol. The van der Waals surface area contributed by atoms with Gasteiger partial charge in [0.05, 0.1) is 0 Å². The highest BCUT2D eigenvalue weighted by molar-refractivity contribution is 5.84. The van der Waals surface area contributed by atoms with Crippen molar-refractivity contribution in [3.63, 3.8) is 0 Å². The Labute approximate surface area is 112 Å². The second kappa shape index (κ2) is 6.05. The first-order valence-corrected chi connectivity index (χ1v) is 7.15. The fourth-order valence-corrected chi connectivity index (χ4v) is 3.02. The van der Waals surface area contributed by atoms with E-state index < -0.39 is 5.60 Å². The number of ether oxygens (including phenoxy) is 1. The van der Waals surface area contributed by atoms with Crippen LogP contribution >= 0.6 is 0 Å². The van der Waals surface area contributed by atoms with Gasteiger partial charge in [-0.25, -0.2) is 0 Å². The van der Waals surface area contributed by atoms with Crippen molar-refractivity contribution < 1.29 is 9.53 Å². The maximum atomic E-state index is 12.0. The Morgan fingerprint density at radius 3 is 2.33 bits per heavy atom. The molecule has 1 aliphatic rings. The summed E-state index contributed by atoms with van der Waals surface area (Å²) in [6.07, 6.45) is 6.31. The minimum atomic E-state index is -0.725. The third-order valence-corrected chi connectivity index (χ3v) is 4.19. The van der Waals surface area contributed by atoms with Crippen LogP contribution in [0, 0.1) is 11.3 Å². The van der Waals surface area contributed by atoms with Gasteiger partial charge in [0.15, 0.2) is 0 Å². The summed E-state index contributed by atoms with van der Waals surface area (Å²) >= 11 is 0. The molecule has 0 radical (unpaired) electrons. The van der Waals surface area contributed by atoms with E-state index in [2.05, 4.69) is 19.2 Å². The number of hydrogen-bond acceptors (Lipinski definition) is 2. The lowest BCUT2D eigenvalue weighted by atomic mass is 9.78. The molecule has 0 aromatic rings. The van der Waals surface area contributed by atoms with Crippen molar-refractivity contribution in [2.75, 3.05) is 13.7 Å². The normalized spacial score (nSPS) is 19.2. The van der Waals surface area contributed by atoms with Crippen molar-refractivity contribution in [1.82, 2.24) is 5.32 Å². The zero-order chi connectivity index (χ0) is 13.8. The molecule has 0 atom stereocenters. The van der Waals surface area contributed by atoms with E-state index >= 15 is 0 Å². The maximum Gasteiger partial charge on any atom is 0.251 e. The molecule has 1 saturated carbocycles. The summed E-state index contributed by atoms with van der Waals surface area (Å²) < 4.78 is 5.22. The molecule has 1 aliphatic carbocycles. The number of carbonyl (C=O) groups is 1. The van der Waals surface area contributed by atoms with E-state index in [1.807, 2.05) is 13.8 Å². The first kappa shape index (κ1) is 15.5. The van der Waals surface area contributed by atoms with Gasteiger partial charge in [-0.2, -0.15) is 0 Å². The summed E-state index contributed by atoms with van der Waals surface area (Å²) in [5.74, 6) is 0.690. The van der Waals surface area contributed by atoms with Gasteiger partial charge < -0.3 is 10.1 Å². The Balaban J connectivity index is 2.56. The van der Waals surface area contributed by atoms with E-state index in [9.17, 15) is 4.79 Å². The zero-order valence-electron chi connectivity index (χ0n) is 12.6. The molecule has 0 heterocycles. The second-order valence-corrected chi connectivity index (χ2v) is 6.70. The van der Waals surface area contributed by atoms with E-state index in [1.54, 1.807) is 7.11 Å². The molecule has 3 nitrogen and oxygen atoms in total. The number of methoxy groups -OCH3 is 1. The van der Waals surface area contributed by atoms with Crippen LogP contribution < -0.4 is 5.32 Å². The lowest BCUT2D eigenvalue weighted by Gasteiger charge is -2.32. The quantitative estimate of drug-likeness (QED) is 0.792. The topological polar surface area (TPSA) is 38.3 Å². The summed E-state index contributed by atoms with van der Waals surface area (Å²) in [5, 5.41) is 3.10. The molecule has 1 amide bonds. The monoisotopic (exact) mass is 255 g/mol. The zero-order valence-corrected chi connectivity index (χ0v) is 12.6. The Morgan fingerprint density at radius 2 is 1.89 bits per heavy atom. The predicted octanol–water partition coefficient (Wildman–Crippen LogP) is 3.13. The molecule has 1 rings (SSSR count). The molecule has 0 bridgehead atoms. The van der Waals surface area contributed by atoms with Crippen LogP contribution in [0.5, 0.6) is 0 Å². The first-order valence-electron chi connectivity index (χ1n) is 7.15. The van der Waals surface area contributed by atoms with Gasteiger partial charge in [-0.05, 0) is 44.4 Å². The summed E-state index contributed by atoms with van der Waals surface area (Å²) in [6.45, 7) is 8.96. The highest BCUT2D eigenvalue weighted by Crippen LogP contribution is 2.42. The van der Waals surface area contributed by atoms with Crippen LogP contribution in [0.15, 0.2) is 0 Å². The standard InChI is InChI=1S/C15H29NO2/c1-12(2)10-15(8-6-7-9-15)11-16-13(17)14(3,4)18-5/h12H,6-11H2,1-5H3,(H,16,17). The molecule has 0 saturated heterocycles. The SMILES string of the molecule is COC(C)(C)C(=O)NCC1(CC(C)C)CCCC1. The van der Waals surface area contributed by atoms with Gasteiger partial charge in [-0.1, -0.05) is 26.7 Å². The lowest BCUT2D eigenvalue weighted by molar-refractivity contribution is -0.140. The fourth-order valence-electron chi connectivity index (χ4n) is 3.02. The van der Waals surface area contributed by atoms with E-state index in [1.165, 1.54) is 32.1 Å². The number of nitrogens with one attached hydrogen (secondary N) is 1. The van der Waals surface area contributed by atoms with Crippen molar-refractivity contribution in [2.45, 2.75) is 65.4 Å². The molecule has 0 unspecified atom stereocenters. The smallest absolute Gasteiger partial charge is 0.251 e. The van der Waals surface area contributed by atoms with Gasteiger partial charge in [0, 0.05) is 13.7 Å². The molecule has 0 aromatic carbocycles. The maximum absolute atomic E-state index is 12.0. The fraction of sp³-hybridized carbons (Fsp3) is 0.933. The van der Waals surface area contributed by atoms with Gasteiger partial charge in [0.25, 0.3) is 5.91 Å². The first-order chi connectivity index (χ1) is 8.31. The Kier molecular flexibility index (Phi) is 5.20. The summed E-state index contributed by atoms with van der Waals surface area (Å²) in [6, 6.07) is 0. The van der Waals surface area contributed by atoms with Crippen molar-refractivity contribution in [1.29, 1.82) is 0 Å². The third-order valence-electron chi connectivity index (χ3n) is 4.19. The van der Waals surface area contributed by atoms with Crippen LogP contribution in [0.25, 0.3) is 0 Å². The van der Waals surface area contributed by atoms with Crippen LogP contribution in [0.3, 0.4) is 0 Å². The Morgan fingerprint density at radius 1 is 1.33 bits per heavy atom. The number of hydrogen-bond donors (Lipinski definition) is 1. The molecule has 1 N–H and O–H groups in total. The largest absolute Gasteiger partial charge is 0.369 e. The van der Waals surface area contributed by atoms with Gasteiger partial charge >= 0.3 is 0 Å². The van der Waals surface area contributed by atoms with Crippen molar-refractivity contribution in [3.8, 4) is 0 Å². The third kappa shape index (κ3) is 3.98. The van der Waals surface area contributed by atoms with Gasteiger partial charge in [-0.15, -0.1) is 0 Å². The van der Waals surface area contributed by atoms with E-state index in [4.69, 9.17) is 4.74 Å². The summed E-state index contributed by atoms with van der Waals surface area (Å²) in [4.78, 5) is 12.0. The molecule has 0 aliphatic heterocycles. The number of carbonyl (C=O) groups excluding carboxylic acids is 1. The lowest BCUT2D eigenvalue weighted by Crippen LogP contribution is -2.47. The molecule has 0 spiro atoms. The molecular weight excluding hydrogens is 226 g/mol. The molecule has 18 heavy (non-hydrogen) atoms. The van der Waals surface area contributed by atoms with Crippen molar-refractivity contribution >= 4 is 5.91 Å². The number of amides is 1. The van der Waals surface area contributed by atoms with Crippen LogP contribution in [0.2, 0.25) is 0 Å². The van der Waals surface area contributed by atoms with Crippen molar-refractivity contribution in [2.24, 2.45) is 11.3 Å². The van der Waals surface area contributed by atoms with Gasteiger partial charge in [0.1, 0.15) is 5.60 Å². The van der Waals surface area contributed by atoms with Crippen molar-refractivity contribution in [3.05, 3.63) is 0 Å².